The van der Waals surface area contributed by atoms with Crippen LogP contribution in [-0.4, -0.2) is 34.8 Å². The zero-order valence-electron chi connectivity index (χ0n) is 17.9. The van der Waals surface area contributed by atoms with Crippen molar-refractivity contribution in [1.29, 1.82) is 0 Å². The van der Waals surface area contributed by atoms with E-state index in [0.29, 0.717) is 31.2 Å². The number of aryl methyl sites for hydroxylation is 1. The minimum absolute atomic E-state index is 0. The molecule has 0 fully saturated rings. The Morgan fingerprint density at radius 1 is 1.06 bits per heavy atom. The Kier molecular flexibility index (Phi) is 9.76. The first-order valence-corrected chi connectivity index (χ1v) is 10.0. The summed E-state index contributed by atoms with van der Waals surface area (Å²) in [5, 5.41) is 6.50. The van der Waals surface area contributed by atoms with Gasteiger partial charge in [0.2, 0.25) is 0 Å². The molecule has 0 aliphatic rings. The summed E-state index contributed by atoms with van der Waals surface area (Å²) in [4.78, 5) is 9.23. The highest BCUT2D eigenvalue weighted by Crippen LogP contribution is 2.16. The summed E-state index contributed by atoms with van der Waals surface area (Å²) in [5.74, 6) is 1.56. The number of para-hydroxylation sites is 2. The van der Waals surface area contributed by atoms with Crippen LogP contribution in [0.15, 0.2) is 53.5 Å². The number of benzene rings is 2. The second kappa shape index (κ2) is 12.0. The van der Waals surface area contributed by atoms with Gasteiger partial charge in [-0.1, -0.05) is 36.4 Å². The third-order valence-corrected chi connectivity index (χ3v) is 4.62. The third kappa shape index (κ3) is 7.66. The summed E-state index contributed by atoms with van der Waals surface area (Å²) in [6.07, 6.45) is -4.31. The van der Waals surface area contributed by atoms with Gasteiger partial charge in [0.25, 0.3) is 0 Å². The monoisotopic (exact) mass is 561 g/mol. The lowest BCUT2D eigenvalue weighted by Gasteiger charge is -2.11. The second-order valence-corrected chi connectivity index (χ2v) is 7.05. The van der Waals surface area contributed by atoms with E-state index < -0.39 is 12.8 Å². The van der Waals surface area contributed by atoms with E-state index in [2.05, 4.69) is 25.3 Å². The maximum atomic E-state index is 12.2. The quantitative estimate of drug-likeness (QED) is 0.241. The first-order chi connectivity index (χ1) is 14.9. The molecule has 0 amide bonds. The van der Waals surface area contributed by atoms with Gasteiger partial charge in [-0.25, -0.2) is 9.98 Å². The lowest BCUT2D eigenvalue weighted by molar-refractivity contribution is -0.176. The van der Waals surface area contributed by atoms with Crippen molar-refractivity contribution in [3.05, 3.63) is 65.5 Å². The molecule has 1 heterocycles. The van der Waals surface area contributed by atoms with Crippen LogP contribution >= 0.6 is 24.0 Å². The molecule has 3 rings (SSSR count). The fraction of sp³-hybridized carbons (Fsp3) is 0.364. The Morgan fingerprint density at radius 2 is 1.75 bits per heavy atom. The van der Waals surface area contributed by atoms with Gasteiger partial charge < -0.3 is 19.9 Å². The summed E-state index contributed by atoms with van der Waals surface area (Å²) in [5.41, 5.74) is 3.65. The highest BCUT2D eigenvalue weighted by atomic mass is 127. The van der Waals surface area contributed by atoms with Gasteiger partial charge in [-0.05, 0) is 30.2 Å². The van der Waals surface area contributed by atoms with Crippen molar-refractivity contribution < 1.29 is 17.9 Å². The number of hydrogen-bond donors (Lipinski definition) is 2. The lowest BCUT2D eigenvalue weighted by atomic mass is 10.1. The standard InChI is InChI=1S/C22H26F3N5O.HI/c1-3-26-21(28-13-20-29-18-6-4-5-7-19(18)30(20)2)27-12-16-8-10-17(11-9-16)14-31-15-22(23,24)25;/h4-11H,3,12-15H2,1-2H3,(H2,26,27,28);1H. The highest BCUT2D eigenvalue weighted by molar-refractivity contribution is 14.0. The average molecular weight is 561 g/mol. The van der Waals surface area contributed by atoms with Crippen LogP contribution in [0, 0.1) is 0 Å². The summed E-state index contributed by atoms with van der Waals surface area (Å²) < 4.78 is 43.2. The van der Waals surface area contributed by atoms with Gasteiger partial charge in [-0.2, -0.15) is 13.2 Å². The van der Waals surface area contributed by atoms with Crippen LogP contribution in [0.25, 0.3) is 11.0 Å². The van der Waals surface area contributed by atoms with Crippen LogP contribution in [0.4, 0.5) is 13.2 Å². The number of alkyl halides is 3. The molecule has 0 aliphatic heterocycles. The van der Waals surface area contributed by atoms with Gasteiger partial charge in [0, 0.05) is 13.6 Å². The first-order valence-electron chi connectivity index (χ1n) is 10.0. The molecular formula is C22H27F3IN5O. The van der Waals surface area contributed by atoms with Crippen LogP contribution in [0.5, 0.6) is 0 Å². The number of aliphatic imine (C=N–C) groups is 1. The molecule has 0 spiro atoms. The molecule has 1 aromatic heterocycles. The molecule has 0 atom stereocenters. The van der Waals surface area contributed by atoms with Gasteiger partial charge in [0.1, 0.15) is 12.4 Å². The predicted octanol–water partition coefficient (Wildman–Crippen LogP) is 4.53. The summed E-state index contributed by atoms with van der Waals surface area (Å²) in [7, 11) is 1.98. The smallest absolute Gasteiger partial charge is 0.367 e. The minimum Gasteiger partial charge on any atom is -0.367 e. The zero-order chi connectivity index (χ0) is 22.3. The SMILES string of the molecule is CCNC(=NCc1ccc(COCC(F)(F)F)cc1)NCc1nc2ccccc2n1C.I. The van der Waals surface area contributed by atoms with Crippen LogP contribution in [0.3, 0.4) is 0 Å². The number of hydrogen-bond acceptors (Lipinski definition) is 3. The van der Waals surface area contributed by atoms with E-state index in [1.54, 1.807) is 12.1 Å². The molecule has 0 unspecified atom stereocenters. The Hall–Kier alpha value is -2.34. The molecule has 32 heavy (non-hydrogen) atoms. The van der Waals surface area contributed by atoms with Crippen molar-refractivity contribution in [2.75, 3.05) is 13.2 Å². The van der Waals surface area contributed by atoms with Gasteiger partial charge >= 0.3 is 6.18 Å². The van der Waals surface area contributed by atoms with Gasteiger partial charge in [0.05, 0.1) is 30.7 Å². The number of ether oxygens (including phenoxy) is 1. The van der Waals surface area contributed by atoms with Crippen LogP contribution in [-0.2, 0) is 31.5 Å². The molecule has 10 heteroatoms. The molecule has 174 valence electrons. The zero-order valence-corrected chi connectivity index (χ0v) is 20.3. The van der Waals surface area contributed by atoms with E-state index in [-0.39, 0.29) is 30.6 Å². The summed E-state index contributed by atoms with van der Waals surface area (Å²) in [6, 6.07) is 15.1. The normalized spacial score (nSPS) is 12.0. The second-order valence-electron chi connectivity index (χ2n) is 7.05. The van der Waals surface area contributed by atoms with Crippen LogP contribution in [0.2, 0.25) is 0 Å². The number of aromatic nitrogens is 2. The number of guanidine groups is 1. The molecule has 0 saturated carbocycles. The average Bonchev–Trinajstić information content (AvgIpc) is 3.06. The first kappa shape index (κ1) is 25.9. The van der Waals surface area contributed by atoms with Crippen LogP contribution in [0.1, 0.15) is 23.9 Å². The topological polar surface area (TPSA) is 63.5 Å². The molecule has 0 radical (unpaired) electrons. The molecule has 0 aliphatic carbocycles. The van der Waals surface area contributed by atoms with Crippen molar-refractivity contribution in [2.24, 2.45) is 12.0 Å². The molecule has 3 aromatic rings. The van der Waals surface area contributed by atoms with Crippen LogP contribution < -0.4 is 10.6 Å². The van der Waals surface area contributed by atoms with E-state index in [1.807, 2.05) is 54.9 Å². The minimum atomic E-state index is -4.31. The van der Waals surface area contributed by atoms with E-state index in [9.17, 15) is 13.2 Å². The lowest BCUT2D eigenvalue weighted by Crippen LogP contribution is -2.37. The molecular weight excluding hydrogens is 534 g/mol. The van der Waals surface area contributed by atoms with Gasteiger partial charge in [-0.15, -0.1) is 24.0 Å². The fourth-order valence-corrected chi connectivity index (χ4v) is 3.05. The molecule has 0 saturated heterocycles. The number of halogens is 4. The molecule has 2 aromatic carbocycles. The van der Waals surface area contributed by atoms with Gasteiger partial charge in [-0.3, -0.25) is 0 Å². The van der Waals surface area contributed by atoms with E-state index in [1.165, 1.54) is 0 Å². The maximum absolute atomic E-state index is 12.2. The Labute approximate surface area is 202 Å². The fourth-order valence-electron chi connectivity index (χ4n) is 3.05. The summed E-state index contributed by atoms with van der Waals surface area (Å²) in [6.45, 7) is 2.33. The number of nitrogens with one attached hydrogen (secondary N) is 2. The maximum Gasteiger partial charge on any atom is 0.411 e. The van der Waals surface area contributed by atoms with Crippen molar-refractivity contribution in [2.45, 2.75) is 32.8 Å². The Morgan fingerprint density at radius 3 is 2.41 bits per heavy atom. The van der Waals surface area contributed by atoms with E-state index in [0.717, 1.165) is 22.4 Å². The Bertz CT molecular complexity index is 1020. The number of rotatable bonds is 8. The van der Waals surface area contributed by atoms with Gasteiger partial charge in [0.15, 0.2) is 5.96 Å². The summed E-state index contributed by atoms with van der Waals surface area (Å²) >= 11 is 0. The molecule has 0 bridgehead atoms. The van der Waals surface area contributed by atoms with E-state index >= 15 is 0 Å². The molecule has 6 nitrogen and oxygen atoms in total. The number of nitrogens with zero attached hydrogens (tertiary/aromatic N) is 3. The Balaban J connectivity index is 0.00000363. The highest BCUT2D eigenvalue weighted by Gasteiger charge is 2.27. The van der Waals surface area contributed by atoms with Crippen molar-refractivity contribution in [1.82, 2.24) is 20.2 Å². The number of imidazole rings is 1. The molecule has 2 N–H and O–H groups in total. The van der Waals surface area contributed by atoms with Crippen molar-refractivity contribution >= 4 is 41.0 Å². The largest absolute Gasteiger partial charge is 0.411 e. The van der Waals surface area contributed by atoms with Crippen molar-refractivity contribution in [3.8, 4) is 0 Å². The third-order valence-electron chi connectivity index (χ3n) is 4.62. The number of fused-ring (bicyclic) bond motifs is 1. The van der Waals surface area contributed by atoms with Crippen molar-refractivity contribution in [3.63, 3.8) is 0 Å². The predicted molar refractivity (Wildman–Crippen MR) is 130 cm³/mol. The van der Waals surface area contributed by atoms with E-state index in [4.69, 9.17) is 0 Å².